The van der Waals surface area contributed by atoms with Crippen molar-refractivity contribution in [1.29, 1.82) is 0 Å². The third-order valence-corrected chi connectivity index (χ3v) is 3.92. The Hall–Kier alpha value is -1.40. The zero-order valence-corrected chi connectivity index (χ0v) is 12.1. The molecule has 0 radical (unpaired) electrons. The van der Waals surface area contributed by atoms with Gasteiger partial charge in [-0.15, -0.1) is 5.10 Å². The van der Waals surface area contributed by atoms with Gasteiger partial charge in [0.2, 0.25) is 5.16 Å². The van der Waals surface area contributed by atoms with Gasteiger partial charge >= 0.3 is 0 Å². The van der Waals surface area contributed by atoms with Crippen molar-refractivity contribution >= 4 is 11.8 Å². The van der Waals surface area contributed by atoms with Crippen LogP contribution in [0.5, 0.6) is 0 Å². The Morgan fingerprint density at radius 3 is 2.74 bits per heavy atom. The van der Waals surface area contributed by atoms with E-state index in [4.69, 9.17) is 0 Å². The second-order valence-electron chi connectivity index (χ2n) is 4.18. The predicted octanol–water partition coefficient (Wildman–Crippen LogP) is 2.14. The minimum absolute atomic E-state index is 0.496. The summed E-state index contributed by atoms with van der Waals surface area (Å²) in [5.74, 6) is 0.970. The summed E-state index contributed by atoms with van der Waals surface area (Å²) in [6.45, 7) is 5.30. The molecule has 0 amide bonds. The number of hydrogen-bond acceptors (Lipinski definition) is 5. The molecule has 1 atom stereocenters. The fourth-order valence-corrected chi connectivity index (χ4v) is 2.85. The highest BCUT2D eigenvalue weighted by molar-refractivity contribution is 7.99. The second-order valence-corrected chi connectivity index (χ2v) is 5.17. The highest BCUT2D eigenvalue weighted by Gasteiger charge is 2.11. The Balaban J connectivity index is 2.04. The van der Waals surface area contributed by atoms with Gasteiger partial charge in [-0.05, 0) is 35.5 Å². The van der Waals surface area contributed by atoms with E-state index in [1.807, 2.05) is 30.3 Å². The maximum absolute atomic E-state index is 4.10. The van der Waals surface area contributed by atoms with Crippen LogP contribution in [-0.4, -0.2) is 38.5 Å². The summed E-state index contributed by atoms with van der Waals surface area (Å²) in [7, 11) is 0. The summed E-state index contributed by atoms with van der Waals surface area (Å²) < 4.78 is 1.78. The van der Waals surface area contributed by atoms with E-state index < -0.39 is 0 Å². The van der Waals surface area contributed by atoms with Crippen molar-refractivity contribution in [3.05, 3.63) is 30.3 Å². The van der Waals surface area contributed by atoms with Crippen molar-refractivity contribution in [1.82, 2.24) is 25.5 Å². The first-order valence-corrected chi connectivity index (χ1v) is 7.53. The van der Waals surface area contributed by atoms with Crippen molar-refractivity contribution in [3.63, 3.8) is 0 Å². The quantitative estimate of drug-likeness (QED) is 0.786. The standard InChI is InChI=1S/C13H19N5S/c1-3-11(14-4-2)10-19-13-15-16-17-18(13)12-8-6-5-7-9-12/h5-9,11,14H,3-4,10H2,1-2H3. The van der Waals surface area contributed by atoms with Crippen LogP contribution in [0.15, 0.2) is 35.5 Å². The maximum Gasteiger partial charge on any atom is 0.214 e. The van der Waals surface area contributed by atoms with Crippen molar-refractivity contribution in [3.8, 4) is 5.69 Å². The Bertz CT molecular complexity index is 485. The normalized spacial score (nSPS) is 12.5. The SMILES string of the molecule is CCNC(CC)CSc1nnnn1-c1ccccc1. The molecule has 0 spiro atoms. The summed E-state index contributed by atoms with van der Waals surface area (Å²) in [6, 6.07) is 10.5. The molecular formula is C13H19N5S. The van der Waals surface area contributed by atoms with Crippen LogP contribution in [0.3, 0.4) is 0 Å². The Labute approximate surface area is 117 Å². The number of benzene rings is 1. The lowest BCUT2D eigenvalue weighted by Crippen LogP contribution is -2.30. The van der Waals surface area contributed by atoms with Crippen LogP contribution in [0.4, 0.5) is 0 Å². The van der Waals surface area contributed by atoms with E-state index >= 15 is 0 Å². The highest BCUT2D eigenvalue weighted by atomic mass is 32.2. The lowest BCUT2D eigenvalue weighted by atomic mass is 10.2. The van der Waals surface area contributed by atoms with Crippen molar-refractivity contribution < 1.29 is 0 Å². The third-order valence-electron chi connectivity index (χ3n) is 2.84. The molecule has 0 saturated carbocycles. The van der Waals surface area contributed by atoms with E-state index in [0.717, 1.165) is 29.6 Å². The molecule has 1 heterocycles. The topological polar surface area (TPSA) is 55.6 Å². The van der Waals surface area contributed by atoms with Gasteiger partial charge < -0.3 is 5.32 Å². The molecular weight excluding hydrogens is 258 g/mol. The van der Waals surface area contributed by atoms with Crippen molar-refractivity contribution in [2.75, 3.05) is 12.3 Å². The molecule has 1 aromatic carbocycles. The molecule has 19 heavy (non-hydrogen) atoms. The number of thioether (sulfide) groups is 1. The van der Waals surface area contributed by atoms with Crippen molar-refractivity contribution in [2.24, 2.45) is 0 Å². The average molecular weight is 277 g/mol. The molecule has 0 aliphatic carbocycles. The molecule has 2 rings (SSSR count). The fourth-order valence-electron chi connectivity index (χ4n) is 1.79. The third kappa shape index (κ3) is 3.78. The zero-order valence-electron chi connectivity index (χ0n) is 11.3. The van der Waals surface area contributed by atoms with Gasteiger partial charge in [0.25, 0.3) is 0 Å². The van der Waals surface area contributed by atoms with Gasteiger partial charge in [-0.25, -0.2) is 0 Å². The molecule has 2 aromatic rings. The minimum Gasteiger partial charge on any atom is -0.313 e. The lowest BCUT2D eigenvalue weighted by molar-refractivity contribution is 0.559. The summed E-state index contributed by atoms with van der Waals surface area (Å²) in [5.41, 5.74) is 0.992. The first-order valence-electron chi connectivity index (χ1n) is 6.55. The molecule has 6 heteroatoms. The molecule has 1 aromatic heterocycles. The summed E-state index contributed by atoms with van der Waals surface area (Å²) >= 11 is 1.69. The van der Waals surface area contributed by atoms with Gasteiger partial charge in [-0.2, -0.15) is 4.68 Å². The van der Waals surface area contributed by atoms with Crippen LogP contribution in [-0.2, 0) is 0 Å². The Morgan fingerprint density at radius 1 is 1.26 bits per heavy atom. The molecule has 0 aliphatic rings. The number of rotatable bonds is 7. The smallest absolute Gasteiger partial charge is 0.214 e. The molecule has 102 valence electrons. The summed E-state index contributed by atoms with van der Waals surface area (Å²) in [6.07, 6.45) is 1.10. The van der Waals surface area contributed by atoms with Crippen molar-refractivity contribution in [2.45, 2.75) is 31.5 Å². The Morgan fingerprint density at radius 2 is 2.05 bits per heavy atom. The predicted molar refractivity (Wildman–Crippen MR) is 77.6 cm³/mol. The maximum atomic E-state index is 4.10. The van der Waals surface area contributed by atoms with Gasteiger partial charge in [-0.3, -0.25) is 0 Å². The highest BCUT2D eigenvalue weighted by Crippen LogP contribution is 2.19. The largest absolute Gasteiger partial charge is 0.313 e. The molecule has 0 bridgehead atoms. The van der Waals surface area contributed by atoms with E-state index in [2.05, 4.69) is 34.7 Å². The zero-order chi connectivity index (χ0) is 13.5. The molecule has 0 fully saturated rings. The van der Waals surface area contributed by atoms with Crippen LogP contribution in [0.1, 0.15) is 20.3 Å². The van der Waals surface area contributed by atoms with Gasteiger partial charge in [0.05, 0.1) is 5.69 Å². The molecule has 1 N–H and O–H groups in total. The van der Waals surface area contributed by atoms with E-state index in [-0.39, 0.29) is 0 Å². The van der Waals surface area contributed by atoms with E-state index in [1.165, 1.54) is 0 Å². The minimum atomic E-state index is 0.496. The molecule has 0 saturated heterocycles. The lowest BCUT2D eigenvalue weighted by Gasteiger charge is -2.14. The van der Waals surface area contributed by atoms with Crippen LogP contribution in [0, 0.1) is 0 Å². The Kier molecular flexibility index (Phi) is 5.35. The van der Waals surface area contributed by atoms with E-state index in [1.54, 1.807) is 16.4 Å². The summed E-state index contributed by atoms with van der Waals surface area (Å²) in [4.78, 5) is 0. The van der Waals surface area contributed by atoms with Gasteiger partial charge in [-0.1, -0.05) is 43.8 Å². The van der Waals surface area contributed by atoms with Gasteiger partial charge in [0.15, 0.2) is 0 Å². The second kappa shape index (κ2) is 7.25. The van der Waals surface area contributed by atoms with Crippen LogP contribution < -0.4 is 5.32 Å². The van der Waals surface area contributed by atoms with Gasteiger partial charge in [0, 0.05) is 11.8 Å². The summed E-state index contributed by atoms with van der Waals surface area (Å²) in [5, 5.41) is 16.2. The van der Waals surface area contributed by atoms with E-state index in [9.17, 15) is 0 Å². The first kappa shape index (κ1) is 14.0. The number of tetrazole rings is 1. The van der Waals surface area contributed by atoms with E-state index in [0.29, 0.717) is 6.04 Å². The fraction of sp³-hybridized carbons (Fsp3) is 0.462. The van der Waals surface area contributed by atoms with Crippen LogP contribution in [0.25, 0.3) is 5.69 Å². The van der Waals surface area contributed by atoms with Crippen LogP contribution in [0.2, 0.25) is 0 Å². The molecule has 5 nitrogen and oxygen atoms in total. The molecule has 1 unspecified atom stereocenters. The average Bonchev–Trinajstić information content (AvgIpc) is 2.93. The first-order chi connectivity index (χ1) is 9.35. The monoisotopic (exact) mass is 277 g/mol. The van der Waals surface area contributed by atoms with Gasteiger partial charge in [0.1, 0.15) is 0 Å². The molecule has 0 aliphatic heterocycles. The van der Waals surface area contributed by atoms with Crippen LogP contribution >= 0.6 is 11.8 Å². The number of nitrogens with one attached hydrogen (secondary N) is 1. The number of hydrogen-bond donors (Lipinski definition) is 1. The number of para-hydroxylation sites is 1. The number of nitrogens with zero attached hydrogens (tertiary/aromatic N) is 4. The number of aromatic nitrogens is 4.